The van der Waals surface area contributed by atoms with Crippen molar-refractivity contribution in [2.45, 2.75) is 0 Å². The Balaban J connectivity index is 2.84. The molecule has 2 rings (SSSR count). The molecule has 0 spiro atoms. The Labute approximate surface area is 104 Å². The highest BCUT2D eigenvalue weighted by molar-refractivity contribution is 7.75. The van der Waals surface area contributed by atoms with Crippen LogP contribution in [0.25, 0.3) is 10.8 Å². The predicted octanol–water partition coefficient (Wildman–Crippen LogP) is 2.57. The van der Waals surface area contributed by atoms with Crippen molar-refractivity contribution in [1.82, 2.24) is 0 Å². The maximum atomic E-state index is 5.44. The Kier molecular flexibility index (Phi) is 3.33. The van der Waals surface area contributed by atoms with Gasteiger partial charge in [-0.2, -0.15) is 0 Å². The molecule has 16 heavy (non-hydrogen) atoms. The van der Waals surface area contributed by atoms with E-state index in [9.17, 15) is 0 Å². The molecule has 0 aliphatic carbocycles. The number of hydrogen-bond acceptors (Lipinski definition) is 6. The number of nitrogens with one attached hydrogen (secondary N) is 1. The molecule has 4 nitrogen and oxygen atoms in total. The monoisotopic (exact) mass is 254 g/mol. The molecule has 2 aromatic rings. The zero-order valence-corrected chi connectivity index (χ0v) is 9.96. The fourth-order valence-electron chi connectivity index (χ4n) is 1.62. The van der Waals surface area contributed by atoms with E-state index < -0.39 is 0 Å². The average molecular weight is 254 g/mol. The number of anilines is 1. The Hall–Kier alpha value is -1.24. The van der Waals surface area contributed by atoms with E-state index in [1.54, 1.807) is 18.2 Å². The Morgan fingerprint density at radius 3 is 2.38 bits per heavy atom. The van der Waals surface area contributed by atoms with E-state index in [1.165, 1.54) is 0 Å². The van der Waals surface area contributed by atoms with Crippen molar-refractivity contribution in [3.05, 3.63) is 30.3 Å². The molecule has 3 N–H and O–H groups in total. The second-order valence-electron chi connectivity index (χ2n) is 3.12. The number of rotatable bonds is 3. The number of hydrogen-bond donors (Lipinski definition) is 4. The standard InChI is InChI=1S/C10H10N2O2S2/c11-12-7-4-5-8(13-15)6-2-1-3-9(14-16)10(6)7/h1-5,12,15-16H,11H2. The summed E-state index contributed by atoms with van der Waals surface area (Å²) in [6.07, 6.45) is 0. The van der Waals surface area contributed by atoms with Crippen molar-refractivity contribution in [2.75, 3.05) is 5.43 Å². The summed E-state index contributed by atoms with van der Waals surface area (Å²) in [5.74, 6) is 6.67. The van der Waals surface area contributed by atoms with Crippen LogP contribution in [-0.2, 0) is 0 Å². The van der Waals surface area contributed by atoms with Crippen molar-refractivity contribution in [3.63, 3.8) is 0 Å². The van der Waals surface area contributed by atoms with Crippen molar-refractivity contribution in [2.24, 2.45) is 5.84 Å². The van der Waals surface area contributed by atoms with Gasteiger partial charge in [0.1, 0.15) is 11.5 Å². The Morgan fingerprint density at radius 1 is 1.00 bits per heavy atom. The van der Waals surface area contributed by atoms with Crippen LogP contribution in [0, 0.1) is 0 Å². The van der Waals surface area contributed by atoms with Crippen LogP contribution in [0.5, 0.6) is 11.5 Å². The first kappa shape index (κ1) is 11.3. The second-order valence-corrected chi connectivity index (χ2v) is 3.48. The normalized spacial score (nSPS) is 10.2. The molecule has 0 atom stereocenters. The van der Waals surface area contributed by atoms with E-state index in [0.29, 0.717) is 11.5 Å². The van der Waals surface area contributed by atoms with Gasteiger partial charge in [-0.3, -0.25) is 5.84 Å². The summed E-state index contributed by atoms with van der Waals surface area (Å²) < 4.78 is 9.96. The first-order valence-corrected chi connectivity index (χ1v) is 5.20. The molecule has 0 aliphatic rings. The van der Waals surface area contributed by atoms with Gasteiger partial charge in [0, 0.05) is 31.2 Å². The minimum Gasteiger partial charge on any atom is -0.428 e. The van der Waals surface area contributed by atoms with Gasteiger partial charge in [0.15, 0.2) is 0 Å². The molecule has 0 radical (unpaired) electrons. The number of hydrazine groups is 1. The summed E-state index contributed by atoms with van der Waals surface area (Å²) in [6.45, 7) is 0. The lowest BCUT2D eigenvalue weighted by Crippen LogP contribution is -2.07. The molecule has 6 heteroatoms. The number of benzene rings is 2. The molecule has 0 bridgehead atoms. The van der Waals surface area contributed by atoms with E-state index >= 15 is 0 Å². The van der Waals surface area contributed by atoms with Crippen molar-refractivity contribution < 1.29 is 8.37 Å². The maximum Gasteiger partial charge on any atom is 0.147 e. The minimum absolute atomic E-state index is 0.598. The molecule has 0 aromatic heterocycles. The predicted molar refractivity (Wildman–Crippen MR) is 71.0 cm³/mol. The summed E-state index contributed by atoms with van der Waals surface area (Å²) in [5.41, 5.74) is 3.33. The van der Waals surface area contributed by atoms with E-state index in [2.05, 4.69) is 31.2 Å². The molecule has 0 saturated carbocycles. The molecule has 0 unspecified atom stereocenters. The lowest BCUT2D eigenvalue weighted by Gasteiger charge is -2.11. The van der Waals surface area contributed by atoms with Gasteiger partial charge in [0.25, 0.3) is 0 Å². The number of thiol groups is 2. The van der Waals surface area contributed by atoms with Crippen LogP contribution in [0.4, 0.5) is 5.69 Å². The Morgan fingerprint density at radius 2 is 1.75 bits per heavy atom. The van der Waals surface area contributed by atoms with Crippen molar-refractivity contribution >= 4 is 42.3 Å². The molecule has 0 fully saturated rings. The zero-order chi connectivity index (χ0) is 11.5. The molecule has 84 valence electrons. The van der Waals surface area contributed by atoms with Crippen LogP contribution in [-0.4, -0.2) is 0 Å². The molecule has 0 heterocycles. The number of nitrogens with two attached hydrogens (primary N) is 1. The molecule has 0 amide bonds. The van der Waals surface area contributed by atoms with Gasteiger partial charge in [0.2, 0.25) is 0 Å². The summed E-state index contributed by atoms with van der Waals surface area (Å²) >= 11 is 7.61. The van der Waals surface area contributed by atoms with Crippen LogP contribution in [0.2, 0.25) is 0 Å². The fraction of sp³-hybridized carbons (Fsp3) is 0. The molecule has 2 aromatic carbocycles. The minimum atomic E-state index is 0.598. The van der Waals surface area contributed by atoms with Crippen LogP contribution in [0.3, 0.4) is 0 Å². The SMILES string of the molecule is NNc1ccc(OS)c2cccc(OS)c12. The third kappa shape index (κ3) is 1.75. The highest BCUT2D eigenvalue weighted by atomic mass is 32.1. The highest BCUT2D eigenvalue weighted by Crippen LogP contribution is 2.38. The summed E-state index contributed by atoms with van der Waals surface area (Å²) in [7, 11) is 0. The first-order valence-electron chi connectivity index (χ1n) is 4.47. The topological polar surface area (TPSA) is 56.5 Å². The van der Waals surface area contributed by atoms with Crippen molar-refractivity contribution in [3.8, 4) is 11.5 Å². The smallest absolute Gasteiger partial charge is 0.147 e. The quantitative estimate of drug-likeness (QED) is 0.294. The van der Waals surface area contributed by atoms with Crippen LogP contribution in [0.15, 0.2) is 30.3 Å². The summed E-state index contributed by atoms with van der Waals surface area (Å²) in [6, 6.07) is 9.07. The third-order valence-electron chi connectivity index (χ3n) is 2.31. The maximum absolute atomic E-state index is 5.44. The van der Waals surface area contributed by atoms with Gasteiger partial charge < -0.3 is 13.8 Å². The van der Waals surface area contributed by atoms with Gasteiger partial charge >= 0.3 is 0 Å². The molecule has 0 aliphatic heterocycles. The van der Waals surface area contributed by atoms with E-state index in [1.807, 2.05) is 12.1 Å². The summed E-state index contributed by atoms with van der Waals surface area (Å²) in [5, 5.41) is 1.64. The first-order chi connectivity index (χ1) is 7.81. The van der Waals surface area contributed by atoms with Crippen LogP contribution in [0.1, 0.15) is 0 Å². The van der Waals surface area contributed by atoms with E-state index in [0.717, 1.165) is 16.5 Å². The molecular formula is C10H10N2O2S2. The second kappa shape index (κ2) is 4.73. The average Bonchev–Trinajstić information content (AvgIpc) is 2.36. The highest BCUT2D eigenvalue weighted by Gasteiger charge is 2.10. The lowest BCUT2D eigenvalue weighted by molar-refractivity contribution is 0.660. The van der Waals surface area contributed by atoms with Gasteiger partial charge in [-0.25, -0.2) is 0 Å². The van der Waals surface area contributed by atoms with Gasteiger partial charge in [0.05, 0.1) is 11.1 Å². The fourth-order valence-corrected chi connectivity index (χ4v) is 1.93. The van der Waals surface area contributed by atoms with E-state index in [4.69, 9.17) is 14.2 Å². The molecular weight excluding hydrogens is 244 g/mol. The molecule has 0 saturated heterocycles. The largest absolute Gasteiger partial charge is 0.428 e. The van der Waals surface area contributed by atoms with Gasteiger partial charge in [-0.15, -0.1) is 0 Å². The number of fused-ring (bicyclic) bond motifs is 1. The number of nitrogen functional groups attached to an aromatic ring is 1. The zero-order valence-electron chi connectivity index (χ0n) is 8.18. The van der Waals surface area contributed by atoms with Gasteiger partial charge in [-0.1, -0.05) is 12.1 Å². The lowest BCUT2D eigenvalue weighted by atomic mass is 10.1. The van der Waals surface area contributed by atoms with Crippen molar-refractivity contribution in [1.29, 1.82) is 0 Å². The Bertz CT molecular complexity index is 509. The van der Waals surface area contributed by atoms with Gasteiger partial charge in [-0.05, 0) is 18.2 Å². The van der Waals surface area contributed by atoms with Crippen LogP contribution < -0.4 is 19.6 Å². The summed E-state index contributed by atoms with van der Waals surface area (Å²) in [4.78, 5) is 0. The van der Waals surface area contributed by atoms with E-state index in [-0.39, 0.29) is 0 Å². The third-order valence-corrected chi connectivity index (χ3v) is 2.71. The van der Waals surface area contributed by atoms with Crippen LogP contribution >= 0.6 is 25.8 Å².